The molecule has 0 saturated carbocycles. The fourth-order valence-corrected chi connectivity index (χ4v) is 2.10. The fraction of sp³-hybridized carbons (Fsp3) is 0.688. The highest BCUT2D eigenvalue weighted by Gasteiger charge is 2.31. The number of carbonyl (C=O) groups is 2. The van der Waals surface area contributed by atoms with E-state index in [9.17, 15) is 9.59 Å². The molecule has 1 rings (SSSR count). The van der Waals surface area contributed by atoms with E-state index < -0.39 is 5.41 Å². The molecule has 0 saturated heterocycles. The van der Waals surface area contributed by atoms with Crippen molar-refractivity contribution < 1.29 is 14.0 Å². The van der Waals surface area contributed by atoms with E-state index in [0.717, 1.165) is 12.8 Å². The Hall–Kier alpha value is -1.56. The summed E-state index contributed by atoms with van der Waals surface area (Å²) in [6.07, 6.45) is 2.99. The second-order valence-electron chi connectivity index (χ2n) is 6.13. The lowest BCUT2D eigenvalue weighted by atomic mass is 9.94. The van der Waals surface area contributed by atoms with Crippen LogP contribution in [0.5, 0.6) is 0 Å². The number of alkyl halides is 1. The molecule has 6 nitrogen and oxygen atoms in total. The quantitative estimate of drug-likeness (QED) is 0.699. The summed E-state index contributed by atoms with van der Waals surface area (Å²) in [5.41, 5.74) is -0.418. The van der Waals surface area contributed by atoms with Crippen molar-refractivity contribution in [2.24, 2.45) is 5.41 Å². The van der Waals surface area contributed by atoms with Crippen molar-refractivity contribution in [1.29, 1.82) is 0 Å². The number of halogens is 1. The molecule has 0 atom stereocenters. The third-order valence-corrected chi connectivity index (χ3v) is 4.01. The average molecular weight is 344 g/mol. The highest BCUT2D eigenvalue weighted by atomic mass is 35.5. The van der Waals surface area contributed by atoms with Gasteiger partial charge in [-0.2, -0.15) is 0 Å². The molecule has 130 valence electrons. The van der Waals surface area contributed by atoms with Crippen LogP contribution in [-0.4, -0.2) is 40.7 Å². The van der Waals surface area contributed by atoms with Gasteiger partial charge in [-0.05, 0) is 26.7 Å². The van der Waals surface area contributed by atoms with Crippen LogP contribution in [0, 0.1) is 5.41 Å². The number of aromatic nitrogens is 1. The molecule has 0 radical (unpaired) electrons. The van der Waals surface area contributed by atoms with Crippen molar-refractivity contribution in [1.82, 2.24) is 15.2 Å². The monoisotopic (exact) mass is 343 g/mol. The van der Waals surface area contributed by atoms with Crippen molar-refractivity contribution in [3.63, 3.8) is 0 Å². The summed E-state index contributed by atoms with van der Waals surface area (Å²) in [5, 5.41) is 2.74. The summed E-state index contributed by atoms with van der Waals surface area (Å²) in [6.45, 7) is 8.99. The molecule has 1 aromatic heterocycles. The number of hydrogen-bond donors (Lipinski definition) is 1. The van der Waals surface area contributed by atoms with E-state index in [1.54, 1.807) is 4.90 Å². The minimum Gasteiger partial charge on any atom is -0.446 e. The summed E-state index contributed by atoms with van der Waals surface area (Å²) in [4.78, 5) is 30.2. The number of nitrogens with one attached hydrogen (secondary N) is 1. The molecule has 0 spiro atoms. The van der Waals surface area contributed by atoms with Crippen LogP contribution in [0.1, 0.15) is 56.9 Å². The Morgan fingerprint density at radius 2 is 2.04 bits per heavy atom. The lowest BCUT2D eigenvalue weighted by Crippen LogP contribution is -2.42. The summed E-state index contributed by atoms with van der Waals surface area (Å²) in [6, 6.07) is 0. The van der Waals surface area contributed by atoms with Gasteiger partial charge in [-0.1, -0.05) is 13.8 Å². The summed E-state index contributed by atoms with van der Waals surface area (Å²) < 4.78 is 5.34. The first-order valence-electron chi connectivity index (χ1n) is 7.93. The smallest absolute Gasteiger partial charge is 0.273 e. The Morgan fingerprint density at radius 3 is 2.61 bits per heavy atom. The minimum absolute atomic E-state index is 0.0514. The Kier molecular flexibility index (Phi) is 7.55. The molecule has 0 aliphatic rings. The first-order chi connectivity index (χ1) is 10.9. The number of hydrogen-bond acceptors (Lipinski definition) is 4. The standard InChI is InChI=1S/C16H26ClN3O3/c1-5-7-18-14(21)12-10-23-13(19-12)9-20(8-6-2)15(22)16(3,4)11-17/h10H,5-9,11H2,1-4H3,(H,18,21). The number of rotatable bonds is 9. The number of amides is 2. The van der Waals surface area contributed by atoms with E-state index in [0.29, 0.717) is 19.0 Å². The van der Waals surface area contributed by atoms with E-state index in [1.807, 2.05) is 27.7 Å². The van der Waals surface area contributed by atoms with E-state index in [1.165, 1.54) is 6.26 Å². The molecule has 0 bridgehead atoms. The molecule has 0 aromatic carbocycles. The molecule has 0 aliphatic heterocycles. The van der Waals surface area contributed by atoms with Crippen LogP contribution in [0.4, 0.5) is 0 Å². The van der Waals surface area contributed by atoms with E-state index >= 15 is 0 Å². The predicted octanol–water partition coefficient (Wildman–Crippen LogP) is 2.82. The van der Waals surface area contributed by atoms with Crippen molar-refractivity contribution >= 4 is 23.4 Å². The average Bonchev–Trinajstić information content (AvgIpc) is 3.00. The molecule has 1 heterocycles. The lowest BCUT2D eigenvalue weighted by molar-refractivity contribution is -0.140. The van der Waals surface area contributed by atoms with E-state index in [-0.39, 0.29) is 29.9 Å². The van der Waals surface area contributed by atoms with Crippen LogP contribution >= 0.6 is 11.6 Å². The van der Waals surface area contributed by atoms with Gasteiger partial charge < -0.3 is 14.6 Å². The fourth-order valence-electron chi connectivity index (χ4n) is 1.99. The van der Waals surface area contributed by atoms with Gasteiger partial charge in [0.15, 0.2) is 5.69 Å². The molecule has 0 fully saturated rings. The summed E-state index contributed by atoms with van der Waals surface area (Å²) in [5.74, 6) is 0.266. The van der Waals surface area contributed by atoms with Gasteiger partial charge in [0, 0.05) is 19.0 Å². The maximum atomic E-state index is 12.6. The molecule has 0 aliphatic carbocycles. The van der Waals surface area contributed by atoms with Crippen LogP contribution in [0.3, 0.4) is 0 Å². The predicted molar refractivity (Wildman–Crippen MR) is 89.3 cm³/mol. The zero-order valence-electron chi connectivity index (χ0n) is 14.3. The number of oxazole rings is 1. The largest absolute Gasteiger partial charge is 0.446 e. The van der Waals surface area contributed by atoms with E-state index in [2.05, 4.69) is 10.3 Å². The Balaban J connectivity index is 2.80. The second-order valence-corrected chi connectivity index (χ2v) is 6.39. The Bertz CT molecular complexity index is 528. The normalized spacial score (nSPS) is 11.3. The third kappa shape index (κ3) is 5.53. The van der Waals surface area contributed by atoms with Gasteiger partial charge in [0.05, 0.1) is 12.0 Å². The molecule has 1 aromatic rings. The molecular weight excluding hydrogens is 318 g/mol. The molecule has 2 amide bonds. The SMILES string of the molecule is CCCNC(=O)c1coc(CN(CCC)C(=O)C(C)(C)CCl)n1. The third-order valence-electron chi connectivity index (χ3n) is 3.34. The van der Waals surface area contributed by atoms with Crippen molar-refractivity contribution in [2.45, 2.75) is 47.1 Å². The molecule has 0 unspecified atom stereocenters. The van der Waals surface area contributed by atoms with Crippen molar-refractivity contribution in [2.75, 3.05) is 19.0 Å². The number of carbonyl (C=O) groups excluding carboxylic acids is 2. The molecule has 1 N–H and O–H groups in total. The Labute approximate surface area is 142 Å². The lowest BCUT2D eigenvalue weighted by Gasteiger charge is -2.29. The Morgan fingerprint density at radius 1 is 1.35 bits per heavy atom. The van der Waals surface area contributed by atoms with Crippen LogP contribution in [0.15, 0.2) is 10.7 Å². The zero-order chi connectivity index (χ0) is 17.5. The van der Waals surface area contributed by atoms with Crippen LogP contribution in [0.2, 0.25) is 0 Å². The first-order valence-corrected chi connectivity index (χ1v) is 8.47. The van der Waals surface area contributed by atoms with Gasteiger partial charge in [-0.15, -0.1) is 11.6 Å². The van der Waals surface area contributed by atoms with Crippen molar-refractivity contribution in [3.8, 4) is 0 Å². The first kappa shape index (κ1) is 19.5. The molecular formula is C16H26ClN3O3. The molecule has 7 heteroatoms. The second kappa shape index (κ2) is 8.91. The maximum Gasteiger partial charge on any atom is 0.273 e. The summed E-state index contributed by atoms with van der Waals surface area (Å²) >= 11 is 5.89. The highest BCUT2D eigenvalue weighted by molar-refractivity contribution is 6.19. The van der Waals surface area contributed by atoms with Gasteiger partial charge in [0.25, 0.3) is 5.91 Å². The van der Waals surface area contributed by atoms with Gasteiger partial charge in [0.2, 0.25) is 11.8 Å². The zero-order valence-corrected chi connectivity index (χ0v) is 15.1. The van der Waals surface area contributed by atoms with Gasteiger partial charge in [0.1, 0.15) is 6.26 Å². The topological polar surface area (TPSA) is 75.4 Å². The highest BCUT2D eigenvalue weighted by Crippen LogP contribution is 2.22. The maximum absolute atomic E-state index is 12.6. The summed E-state index contributed by atoms with van der Waals surface area (Å²) in [7, 11) is 0. The van der Waals surface area contributed by atoms with Gasteiger partial charge >= 0.3 is 0 Å². The van der Waals surface area contributed by atoms with Gasteiger partial charge in [-0.3, -0.25) is 9.59 Å². The van der Waals surface area contributed by atoms with E-state index in [4.69, 9.17) is 16.0 Å². The molecule has 23 heavy (non-hydrogen) atoms. The van der Waals surface area contributed by atoms with Crippen LogP contribution in [0.25, 0.3) is 0 Å². The minimum atomic E-state index is -0.648. The van der Waals surface area contributed by atoms with Gasteiger partial charge in [-0.25, -0.2) is 4.98 Å². The number of nitrogens with zero attached hydrogens (tertiary/aromatic N) is 2. The van der Waals surface area contributed by atoms with Crippen molar-refractivity contribution in [3.05, 3.63) is 17.8 Å². The van der Waals surface area contributed by atoms with Crippen LogP contribution in [-0.2, 0) is 11.3 Å². The van der Waals surface area contributed by atoms with Crippen LogP contribution < -0.4 is 5.32 Å².